The van der Waals surface area contributed by atoms with E-state index in [4.69, 9.17) is 9.47 Å². The van der Waals surface area contributed by atoms with Gasteiger partial charge in [-0.2, -0.15) is 0 Å². The van der Waals surface area contributed by atoms with E-state index in [0.717, 1.165) is 35.7 Å². The van der Waals surface area contributed by atoms with Crippen LogP contribution in [0.4, 0.5) is 5.69 Å². The minimum Gasteiger partial charge on any atom is -0.495 e. The summed E-state index contributed by atoms with van der Waals surface area (Å²) in [5.74, 6) is 0.873. The Balaban J connectivity index is 1.61. The summed E-state index contributed by atoms with van der Waals surface area (Å²) in [6.45, 7) is 3.73. The fourth-order valence-electron chi connectivity index (χ4n) is 3.48. The molecule has 1 aliphatic heterocycles. The van der Waals surface area contributed by atoms with Gasteiger partial charge in [0.05, 0.1) is 19.4 Å². The van der Waals surface area contributed by atoms with Gasteiger partial charge in [-0.1, -0.05) is 31.2 Å². The van der Waals surface area contributed by atoms with E-state index >= 15 is 0 Å². The van der Waals surface area contributed by atoms with Gasteiger partial charge < -0.3 is 18.9 Å². The number of hydrogen-bond acceptors (Lipinski definition) is 3. The van der Waals surface area contributed by atoms with E-state index in [9.17, 15) is 0 Å². The lowest BCUT2D eigenvalue weighted by molar-refractivity contribution is 0.113. The van der Waals surface area contributed by atoms with Crippen LogP contribution in [0.25, 0.3) is 5.69 Å². The van der Waals surface area contributed by atoms with Crippen molar-refractivity contribution >= 4 is 5.69 Å². The third kappa shape index (κ3) is 3.08. The van der Waals surface area contributed by atoms with E-state index in [-0.39, 0.29) is 6.23 Å². The van der Waals surface area contributed by atoms with Crippen molar-refractivity contribution < 1.29 is 9.47 Å². The Morgan fingerprint density at radius 3 is 2.65 bits per heavy atom. The van der Waals surface area contributed by atoms with Gasteiger partial charge >= 0.3 is 0 Å². The number of rotatable bonds is 5. The Morgan fingerprint density at radius 2 is 1.88 bits per heavy atom. The summed E-state index contributed by atoms with van der Waals surface area (Å²) in [4.78, 5) is 2.26. The average molecular weight is 348 g/mol. The first kappa shape index (κ1) is 16.7. The molecule has 4 heteroatoms. The maximum atomic E-state index is 6.05. The zero-order chi connectivity index (χ0) is 17.9. The smallest absolute Gasteiger partial charge is 0.158 e. The molecule has 0 saturated carbocycles. The van der Waals surface area contributed by atoms with Gasteiger partial charge in [0, 0.05) is 30.2 Å². The fourth-order valence-corrected chi connectivity index (χ4v) is 3.48. The van der Waals surface area contributed by atoms with Crippen LogP contribution < -0.4 is 9.64 Å². The van der Waals surface area contributed by atoms with E-state index in [1.54, 1.807) is 7.11 Å². The third-order valence-corrected chi connectivity index (χ3v) is 4.93. The van der Waals surface area contributed by atoms with Crippen LogP contribution in [-0.4, -0.2) is 24.8 Å². The monoisotopic (exact) mass is 348 g/mol. The molecule has 0 aliphatic carbocycles. The van der Waals surface area contributed by atoms with Crippen LogP contribution in [0.1, 0.15) is 24.3 Å². The second kappa shape index (κ2) is 7.26. The second-order valence-corrected chi connectivity index (χ2v) is 6.46. The summed E-state index contributed by atoms with van der Waals surface area (Å²) in [5, 5.41) is 0. The van der Waals surface area contributed by atoms with Crippen LogP contribution in [0.3, 0.4) is 0 Å². The van der Waals surface area contributed by atoms with Crippen LogP contribution in [0.5, 0.6) is 5.75 Å². The molecule has 0 amide bonds. The lowest BCUT2D eigenvalue weighted by atomic mass is 10.1. The number of para-hydroxylation sites is 2. The summed E-state index contributed by atoms with van der Waals surface area (Å²) in [5.41, 5.74) is 4.73. The molecular weight excluding hydrogens is 324 g/mol. The van der Waals surface area contributed by atoms with Gasteiger partial charge in [-0.15, -0.1) is 0 Å². The second-order valence-electron chi connectivity index (χ2n) is 6.46. The number of anilines is 1. The normalized spacial score (nSPS) is 16.8. The predicted molar refractivity (Wildman–Crippen MR) is 104 cm³/mol. The van der Waals surface area contributed by atoms with E-state index in [1.165, 1.54) is 5.56 Å². The minimum atomic E-state index is -0.0949. The number of aromatic nitrogens is 1. The molecule has 4 rings (SSSR count). The zero-order valence-corrected chi connectivity index (χ0v) is 15.3. The van der Waals surface area contributed by atoms with Gasteiger partial charge in [0.1, 0.15) is 5.75 Å². The predicted octanol–water partition coefficient (Wildman–Crippen LogP) is 4.58. The van der Waals surface area contributed by atoms with Gasteiger partial charge in [-0.25, -0.2) is 0 Å². The van der Waals surface area contributed by atoms with Crippen molar-refractivity contribution in [1.29, 1.82) is 0 Å². The number of ether oxygens (including phenoxy) is 2. The van der Waals surface area contributed by atoms with E-state index in [2.05, 4.69) is 65.2 Å². The zero-order valence-electron chi connectivity index (χ0n) is 15.3. The Labute approximate surface area is 154 Å². The molecule has 1 atom stereocenters. The van der Waals surface area contributed by atoms with Crippen LogP contribution in [0, 0.1) is 0 Å². The van der Waals surface area contributed by atoms with Crippen LogP contribution in [0.2, 0.25) is 0 Å². The first-order valence-electron chi connectivity index (χ1n) is 9.08. The van der Waals surface area contributed by atoms with Gasteiger partial charge in [0.25, 0.3) is 0 Å². The summed E-state index contributed by atoms with van der Waals surface area (Å²) < 4.78 is 13.7. The van der Waals surface area contributed by atoms with Crippen molar-refractivity contribution in [1.82, 2.24) is 4.57 Å². The standard InChI is InChI=1S/C22H24N2O2/c1-3-17-8-10-19(11-9-17)23-13-12-18(16-23)22-24(14-15-26-22)20-6-4-5-7-21(20)25-2/h4-13,16,22H,3,14-15H2,1-2H3/t22-/m0/s1. The number of benzene rings is 2. The van der Waals surface area contributed by atoms with Gasteiger partial charge in [-0.3, -0.25) is 0 Å². The summed E-state index contributed by atoms with van der Waals surface area (Å²) >= 11 is 0. The maximum Gasteiger partial charge on any atom is 0.158 e. The Bertz CT molecular complexity index is 870. The van der Waals surface area contributed by atoms with Gasteiger partial charge in [-0.05, 0) is 42.3 Å². The molecule has 26 heavy (non-hydrogen) atoms. The highest BCUT2D eigenvalue weighted by Gasteiger charge is 2.29. The average Bonchev–Trinajstić information content (AvgIpc) is 3.37. The minimum absolute atomic E-state index is 0.0949. The quantitative estimate of drug-likeness (QED) is 0.675. The van der Waals surface area contributed by atoms with Crippen molar-refractivity contribution in [3.8, 4) is 11.4 Å². The largest absolute Gasteiger partial charge is 0.495 e. The molecule has 134 valence electrons. The molecule has 4 nitrogen and oxygen atoms in total. The lowest BCUT2D eigenvalue weighted by Crippen LogP contribution is -2.23. The number of methoxy groups -OCH3 is 1. The van der Waals surface area contributed by atoms with Gasteiger partial charge in [0.15, 0.2) is 6.23 Å². The first-order valence-corrected chi connectivity index (χ1v) is 9.08. The highest BCUT2D eigenvalue weighted by molar-refractivity contribution is 5.60. The molecule has 0 N–H and O–H groups in total. The van der Waals surface area contributed by atoms with E-state index < -0.39 is 0 Å². The fraction of sp³-hybridized carbons (Fsp3) is 0.273. The van der Waals surface area contributed by atoms with E-state index in [1.807, 2.05) is 18.2 Å². The molecule has 0 radical (unpaired) electrons. The van der Waals surface area contributed by atoms with Crippen molar-refractivity contribution in [3.05, 3.63) is 78.1 Å². The number of nitrogens with zero attached hydrogens (tertiary/aromatic N) is 2. The van der Waals surface area contributed by atoms with Crippen molar-refractivity contribution in [2.45, 2.75) is 19.6 Å². The molecule has 3 aromatic rings. The van der Waals surface area contributed by atoms with Crippen molar-refractivity contribution in [2.24, 2.45) is 0 Å². The molecule has 2 heterocycles. The molecular formula is C22H24N2O2. The Morgan fingerprint density at radius 1 is 1.08 bits per heavy atom. The summed E-state index contributed by atoms with van der Waals surface area (Å²) in [6.07, 6.45) is 5.21. The third-order valence-electron chi connectivity index (χ3n) is 4.93. The number of hydrogen-bond donors (Lipinski definition) is 0. The molecule has 1 aromatic heterocycles. The first-order chi connectivity index (χ1) is 12.8. The van der Waals surface area contributed by atoms with Crippen molar-refractivity contribution in [2.75, 3.05) is 25.2 Å². The lowest BCUT2D eigenvalue weighted by Gasteiger charge is -2.26. The van der Waals surface area contributed by atoms with Crippen LogP contribution >= 0.6 is 0 Å². The maximum absolute atomic E-state index is 6.05. The highest BCUT2D eigenvalue weighted by atomic mass is 16.5. The summed E-state index contributed by atoms with van der Waals surface area (Å²) in [6, 6.07) is 18.9. The summed E-state index contributed by atoms with van der Waals surface area (Å²) in [7, 11) is 1.71. The van der Waals surface area contributed by atoms with Crippen LogP contribution in [-0.2, 0) is 11.2 Å². The van der Waals surface area contributed by atoms with Gasteiger partial charge in [0.2, 0.25) is 0 Å². The Hall–Kier alpha value is -2.72. The SMILES string of the molecule is CCc1ccc(-n2ccc([C@@H]3OCCN3c3ccccc3OC)c2)cc1. The molecule has 2 aromatic carbocycles. The van der Waals surface area contributed by atoms with Crippen LogP contribution in [0.15, 0.2) is 67.0 Å². The van der Waals surface area contributed by atoms with E-state index in [0.29, 0.717) is 6.61 Å². The highest BCUT2D eigenvalue weighted by Crippen LogP contribution is 2.37. The molecule has 1 fully saturated rings. The molecule has 0 spiro atoms. The molecule has 0 bridgehead atoms. The topological polar surface area (TPSA) is 26.6 Å². The molecule has 0 unspecified atom stereocenters. The Kier molecular flexibility index (Phi) is 4.67. The molecule has 1 aliphatic rings. The van der Waals surface area contributed by atoms with Crippen molar-refractivity contribution in [3.63, 3.8) is 0 Å². The molecule has 1 saturated heterocycles. The number of aryl methyl sites for hydroxylation is 1.